The Hall–Kier alpha value is -1.84. The standard InChI is InChI=1S/C23H36O4/c1-6-7-8-9-10-12-19-13-11-14-20(26-21(24)15-17(2)3)23(19)27-22(25)16-18(4)5/h11,13-14,17-18H,6-10,12,15-16H2,1-5H3. The lowest BCUT2D eigenvalue weighted by Gasteiger charge is -2.16. The molecule has 152 valence electrons. The van der Waals surface area contributed by atoms with Crippen LogP contribution in [0.2, 0.25) is 0 Å². The van der Waals surface area contributed by atoms with Crippen molar-refractivity contribution in [2.45, 2.75) is 86.0 Å². The van der Waals surface area contributed by atoms with Crippen LogP contribution in [0.15, 0.2) is 18.2 Å². The van der Waals surface area contributed by atoms with E-state index >= 15 is 0 Å². The van der Waals surface area contributed by atoms with Gasteiger partial charge in [-0.2, -0.15) is 0 Å². The fourth-order valence-corrected chi connectivity index (χ4v) is 2.86. The van der Waals surface area contributed by atoms with E-state index in [2.05, 4.69) is 6.92 Å². The van der Waals surface area contributed by atoms with E-state index in [1.807, 2.05) is 39.8 Å². The number of para-hydroxylation sites is 1. The third-order valence-electron chi connectivity index (χ3n) is 4.20. The van der Waals surface area contributed by atoms with Gasteiger partial charge >= 0.3 is 11.9 Å². The lowest BCUT2D eigenvalue weighted by molar-refractivity contribution is -0.138. The fourth-order valence-electron chi connectivity index (χ4n) is 2.86. The molecule has 0 aliphatic rings. The molecule has 0 unspecified atom stereocenters. The van der Waals surface area contributed by atoms with Crippen LogP contribution in [0, 0.1) is 11.8 Å². The summed E-state index contributed by atoms with van der Waals surface area (Å²) >= 11 is 0. The van der Waals surface area contributed by atoms with E-state index in [9.17, 15) is 9.59 Å². The van der Waals surface area contributed by atoms with E-state index in [1.165, 1.54) is 19.3 Å². The van der Waals surface area contributed by atoms with E-state index in [4.69, 9.17) is 9.47 Å². The van der Waals surface area contributed by atoms with Gasteiger partial charge in [0.05, 0.1) is 0 Å². The molecule has 4 nitrogen and oxygen atoms in total. The number of aryl methyl sites for hydroxylation is 1. The summed E-state index contributed by atoms with van der Waals surface area (Å²) in [7, 11) is 0. The van der Waals surface area contributed by atoms with Crippen LogP contribution in [0.5, 0.6) is 11.5 Å². The molecular formula is C23H36O4. The molecule has 0 radical (unpaired) electrons. The Morgan fingerprint density at radius 2 is 1.44 bits per heavy atom. The van der Waals surface area contributed by atoms with Gasteiger partial charge in [-0.15, -0.1) is 0 Å². The first-order chi connectivity index (χ1) is 12.8. The highest BCUT2D eigenvalue weighted by atomic mass is 16.6. The first-order valence-corrected chi connectivity index (χ1v) is 10.4. The summed E-state index contributed by atoms with van der Waals surface area (Å²) in [5, 5.41) is 0. The topological polar surface area (TPSA) is 52.6 Å². The molecular weight excluding hydrogens is 340 g/mol. The molecule has 0 saturated carbocycles. The molecule has 0 aliphatic carbocycles. The minimum Gasteiger partial charge on any atom is -0.422 e. The van der Waals surface area contributed by atoms with Gasteiger partial charge in [0.25, 0.3) is 0 Å². The normalized spacial score (nSPS) is 11.1. The molecule has 0 bridgehead atoms. The van der Waals surface area contributed by atoms with Crippen molar-refractivity contribution in [1.82, 2.24) is 0 Å². The predicted molar refractivity (Wildman–Crippen MR) is 109 cm³/mol. The van der Waals surface area contributed by atoms with Crippen molar-refractivity contribution in [1.29, 1.82) is 0 Å². The van der Waals surface area contributed by atoms with Crippen LogP contribution in [-0.4, -0.2) is 11.9 Å². The maximum atomic E-state index is 12.2. The molecule has 0 saturated heterocycles. The number of hydrogen-bond acceptors (Lipinski definition) is 4. The third-order valence-corrected chi connectivity index (χ3v) is 4.20. The summed E-state index contributed by atoms with van der Waals surface area (Å²) in [5.74, 6) is 0.604. The Morgan fingerprint density at radius 1 is 0.852 bits per heavy atom. The zero-order chi connectivity index (χ0) is 20.2. The summed E-state index contributed by atoms with van der Waals surface area (Å²) in [6.45, 7) is 10.1. The van der Waals surface area contributed by atoms with Crippen LogP contribution in [0.1, 0.15) is 85.1 Å². The molecule has 0 N–H and O–H groups in total. The molecule has 0 fully saturated rings. The number of unbranched alkanes of at least 4 members (excludes halogenated alkanes) is 4. The molecule has 0 aliphatic heterocycles. The monoisotopic (exact) mass is 376 g/mol. The lowest BCUT2D eigenvalue weighted by atomic mass is 10.0. The smallest absolute Gasteiger partial charge is 0.311 e. The maximum absolute atomic E-state index is 12.2. The van der Waals surface area contributed by atoms with Gasteiger partial charge < -0.3 is 9.47 Å². The van der Waals surface area contributed by atoms with Gasteiger partial charge in [-0.1, -0.05) is 72.4 Å². The number of carbonyl (C=O) groups excluding carboxylic acids is 2. The number of benzene rings is 1. The highest BCUT2D eigenvalue weighted by Gasteiger charge is 2.18. The Bertz CT molecular complexity index is 590. The number of ether oxygens (including phenoxy) is 2. The first-order valence-electron chi connectivity index (χ1n) is 10.4. The highest BCUT2D eigenvalue weighted by Crippen LogP contribution is 2.33. The zero-order valence-corrected chi connectivity index (χ0v) is 17.7. The van der Waals surface area contributed by atoms with Crippen molar-refractivity contribution in [3.05, 3.63) is 23.8 Å². The van der Waals surface area contributed by atoms with E-state index in [0.29, 0.717) is 24.3 Å². The quantitative estimate of drug-likeness (QED) is 0.251. The van der Waals surface area contributed by atoms with Gasteiger partial charge in [0.2, 0.25) is 0 Å². The van der Waals surface area contributed by atoms with Gasteiger partial charge in [-0.25, -0.2) is 0 Å². The maximum Gasteiger partial charge on any atom is 0.311 e. The molecule has 0 heterocycles. The zero-order valence-electron chi connectivity index (χ0n) is 17.7. The molecule has 1 aromatic carbocycles. The Balaban J connectivity index is 2.93. The summed E-state index contributed by atoms with van der Waals surface area (Å²) in [6, 6.07) is 5.52. The average molecular weight is 377 g/mol. The van der Waals surface area contributed by atoms with E-state index in [1.54, 1.807) is 6.07 Å². The van der Waals surface area contributed by atoms with Gasteiger partial charge in [0, 0.05) is 12.8 Å². The number of esters is 2. The molecule has 1 aromatic rings. The highest BCUT2D eigenvalue weighted by molar-refractivity contribution is 5.77. The van der Waals surface area contributed by atoms with Crippen molar-refractivity contribution >= 4 is 11.9 Å². The van der Waals surface area contributed by atoms with E-state index in [-0.39, 0.29) is 23.8 Å². The molecule has 27 heavy (non-hydrogen) atoms. The Kier molecular flexibility index (Phi) is 10.8. The molecule has 0 amide bonds. The Labute approximate surface area is 164 Å². The van der Waals surface area contributed by atoms with Gasteiger partial charge in [0.1, 0.15) is 0 Å². The van der Waals surface area contributed by atoms with Crippen molar-refractivity contribution < 1.29 is 19.1 Å². The van der Waals surface area contributed by atoms with Crippen LogP contribution in [0.25, 0.3) is 0 Å². The van der Waals surface area contributed by atoms with Crippen molar-refractivity contribution in [2.24, 2.45) is 11.8 Å². The Morgan fingerprint density at radius 3 is 2.04 bits per heavy atom. The lowest BCUT2D eigenvalue weighted by Crippen LogP contribution is -2.15. The van der Waals surface area contributed by atoms with E-state index in [0.717, 1.165) is 24.8 Å². The van der Waals surface area contributed by atoms with Crippen molar-refractivity contribution in [3.8, 4) is 11.5 Å². The summed E-state index contributed by atoms with van der Waals surface area (Å²) in [4.78, 5) is 24.4. The number of rotatable bonds is 12. The largest absolute Gasteiger partial charge is 0.422 e. The average Bonchev–Trinajstić information content (AvgIpc) is 2.55. The summed E-state index contributed by atoms with van der Waals surface area (Å²) < 4.78 is 11.2. The third kappa shape index (κ3) is 9.60. The van der Waals surface area contributed by atoms with E-state index < -0.39 is 0 Å². The van der Waals surface area contributed by atoms with Crippen LogP contribution in [0.4, 0.5) is 0 Å². The second kappa shape index (κ2) is 12.5. The molecule has 0 atom stereocenters. The SMILES string of the molecule is CCCCCCCc1cccc(OC(=O)CC(C)C)c1OC(=O)CC(C)C. The summed E-state index contributed by atoms with van der Waals surface area (Å²) in [6.07, 6.45) is 7.31. The van der Waals surface area contributed by atoms with Crippen molar-refractivity contribution in [3.63, 3.8) is 0 Å². The second-order valence-corrected chi connectivity index (χ2v) is 8.05. The van der Waals surface area contributed by atoms with Gasteiger partial charge in [-0.05, 0) is 36.3 Å². The molecule has 0 aromatic heterocycles. The van der Waals surface area contributed by atoms with Gasteiger partial charge in [-0.3, -0.25) is 9.59 Å². The van der Waals surface area contributed by atoms with Crippen molar-refractivity contribution in [2.75, 3.05) is 0 Å². The predicted octanol–water partition coefficient (Wildman–Crippen LogP) is 6.10. The van der Waals surface area contributed by atoms with Crippen LogP contribution >= 0.6 is 0 Å². The first kappa shape index (κ1) is 23.2. The minimum atomic E-state index is -0.300. The molecule has 0 spiro atoms. The van der Waals surface area contributed by atoms with Gasteiger partial charge in [0.15, 0.2) is 11.5 Å². The summed E-state index contributed by atoms with van der Waals surface area (Å²) in [5.41, 5.74) is 0.929. The van der Waals surface area contributed by atoms with Crippen LogP contribution in [0.3, 0.4) is 0 Å². The van der Waals surface area contributed by atoms with Crippen LogP contribution < -0.4 is 9.47 Å². The second-order valence-electron chi connectivity index (χ2n) is 8.05. The molecule has 1 rings (SSSR count). The number of hydrogen-bond donors (Lipinski definition) is 0. The molecule has 4 heteroatoms. The van der Waals surface area contributed by atoms with Crippen LogP contribution in [-0.2, 0) is 16.0 Å². The fraction of sp³-hybridized carbons (Fsp3) is 0.652. The minimum absolute atomic E-state index is 0.214. The number of carbonyl (C=O) groups is 2.